The standard InChI is InChI=1S/C34H27Cl2FN4O7/c1-48-17-8-5-15(6-9-17)34-22(30(44)41(32(34)46)39-25-12-7-16(35)13-23(25)36)14-21-18(27(34)20-3-2-4-24(37)28(20)42)10-11-19-26(21)31(45)40(29(19)43)33(38)47/h2-10,12-13,19,21-22,26-27,39,42H,11,14H2,1H3,(H2,38,47)/t19-,21+,22-,26-,27+,34+/m0/s1. The maximum absolute atomic E-state index is 15.2. The highest BCUT2D eigenvalue weighted by atomic mass is 35.5. The number of nitrogens with zero attached hydrogens (tertiary/aromatic N) is 2. The van der Waals surface area contributed by atoms with Crippen molar-refractivity contribution in [3.63, 3.8) is 0 Å². The van der Waals surface area contributed by atoms with Gasteiger partial charge in [-0.2, -0.15) is 9.91 Å². The van der Waals surface area contributed by atoms with E-state index >= 15 is 9.18 Å². The van der Waals surface area contributed by atoms with Gasteiger partial charge in [0.1, 0.15) is 5.75 Å². The van der Waals surface area contributed by atoms with Crippen LogP contribution in [0.4, 0.5) is 14.9 Å². The minimum atomic E-state index is -1.80. The van der Waals surface area contributed by atoms with Gasteiger partial charge in [-0.05, 0) is 60.7 Å². The van der Waals surface area contributed by atoms with Crippen LogP contribution < -0.4 is 15.9 Å². The van der Waals surface area contributed by atoms with Crippen molar-refractivity contribution in [3.8, 4) is 11.5 Å². The molecule has 0 unspecified atom stereocenters. The van der Waals surface area contributed by atoms with Crippen LogP contribution in [-0.2, 0) is 24.6 Å². The van der Waals surface area contributed by atoms with Crippen molar-refractivity contribution in [2.45, 2.75) is 24.2 Å². The molecule has 7 rings (SSSR count). The summed E-state index contributed by atoms with van der Waals surface area (Å²) >= 11 is 12.5. The molecule has 4 N–H and O–H groups in total. The zero-order valence-electron chi connectivity index (χ0n) is 25.2. The predicted molar refractivity (Wildman–Crippen MR) is 170 cm³/mol. The third-order valence-corrected chi connectivity index (χ3v) is 10.7. The second-order valence-corrected chi connectivity index (χ2v) is 13.1. The molecule has 3 aromatic carbocycles. The van der Waals surface area contributed by atoms with Crippen LogP contribution in [0.3, 0.4) is 0 Å². The number of urea groups is 1. The number of hydrogen-bond acceptors (Lipinski definition) is 8. The molecular weight excluding hydrogens is 666 g/mol. The van der Waals surface area contributed by atoms with Crippen molar-refractivity contribution in [1.82, 2.24) is 9.91 Å². The molecule has 14 heteroatoms. The number of anilines is 1. The summed E-state index contributed by atoms with van der Waals surface area (Å²) in [6.07, 6.45) is 1.60. The number of fused-ring (bicyclic) bond motifs is 4. The first-order valence-electron chi connectivity index (χ1n) is 15.0. The highest BCUT2D eigenvalue weighted by Gasteiger charge is 2.71. The van der Waals surface area contributed by atoms with Crippen molar-refractivity contribution >= 4 is 58.5 Å². The third-order valence-electron chi connectivity index (χ3n) is 10.1. The van der Waals surface area contributed by atoms with E-state index in [0.29, 0.717) is 26.8 Å². The van der Waals surface area contributed by atoms with Crippen molar-refractivity contribution in [2.24, 2.45) is 29.4 Å². The number of para-hydroxylation sites is 1. The molecule has 48 heavy (non-hydrogen) atoms. The highest BCUT2D eigenvalue weighted by Crippen LogP contribution is 2.65. The van der Waals surface area contributed by atoms with E-state index < -0.39 is 76.2 Å². The average Bonchev–Trinajstić information content (AvgIpc) is 3.44. The number of nitrogens with one attached hydrogen (secondary N) is 1. The molecule has 2 aliphatic carbocycles. The Kier molecular flexibility index (Phi) is 7.48. The number of ether oxygens (including phenoxy) is 1. The number of likely N-dealkylation sites (tertiary alicyclic amines) is 1. The molecule has 6 atom stereocenters. The van der Waals surface area contributed by atoms with Crippen LogP contribution >= 0.6 is 23.2 Å². The van der Waals surface area contributed by atoms with Crippen LogP contribution in [-0.4, -0.2) is 51.8 Å². The molecule has 3 fully saturated rings. The van der Waals surface area contributed by atoms with Gasteiger partial charge in [0.25, 0.3) is 11.8 Å². The number of primary amides is 1. The van der Waals surface area contributed by atoms with E-state index in [4.69, 9.17) is 33.7 Å². The average molecular weight is 694 g/mol. The predicted octanol–water partition coefficient (Wildman–Crippen LogP) is 4.91. The van der Waals surface area contributed by atoms with Crippen LogP contribution in [0.25, 0.3) is 0 Å². The van der Waals surface area contributed by atoms with Crippen LogP contribution in [0.15, 0.2) is 72.3 Å². The Bertz CT molecular complexity index is 1970. The molecular formula is C34H27Cl2FN4O7. The fraction of sp³-hybridized carbons (Fsp3) is 0.265. The number of rotatable bonds is 5. The molecule has 2 aliphatic heterocycles. The fourth-order valence-corrected chi connectivity index (χ4v) is 8.62. The molecule has 6 amide bonds. The number of carbonyl (C=O) groups excluding carboxylic acids is 5. The number of aromatic hydroxyl groups is 1. The van der Waals surface area contributed by atoms with E-state index in [9.17, 15) is 24.3 Å². The molecule has 4 aliphatic rings. The van der Waals surface area contributed by atoms with Gasteiger partial charge in [0, 0.05) is 16.5 Å². The van der Waals surface area contributed by atoms with Crippen LogP contribution in [0.1, 0.15) is 29.9 Å². The molecule has 2 saturated heterocycles. The van der Waals surface area contributed by atoms with E-state index in [0.717, 1.165) is 11.1 Å². The lowest BCUT2D eigenvalue weighted by Gasteiger charge is -2.50. The normalized spacial score (nSPS) is 27.8. The molecule has 2 heterocycles. The van der Waals surface area contributed by atoms with Gasteiger partial charge in [-0.25, -0.2) is 9.18 Å². The smallest absolute Gasteiger partial charge is 0.328 e. The summed E-state index contributed by atoms with van der Waals surface area (Å²) in [5, 5.41) is 12.5. The third kappa shape index (κ3) is 4.35. The number of methoxy groups -OCH3 is 1. The van der Waals surface area contributed by atoms with E-state index in [1.165, 1.54) is 37.4 Å². The molecule has 0 aromatic heterocycles. The number of carbonyl (C=O) groups is 5. The summed E-state index contributed by atoms with van der Waals surface area (Å²) in [5.41, 5.74) is 7.48. The Morgan fingerprint density at radius 3 is 2.42 bits per heavy atom. The summed E-state index contributed by atoms with van der Waals surface area (Å²) in [7, 11) is 1.47. The molecule has 1 saturated carbocycles. The van der Waals surface area contributed by atoms with Gasteiger partial charge >= 0.3 is 6.03 Å². The number of phenolic OH excluding ortho intramolecular Hbond substituents is 1. The number of allylic oxidation sites excluding steroid dienone is 2. The molecule has 0 spiro atoms. The molecule has 11 nitrogen and oxygen atoms in total. The Labute approximate surface area is 283 Å². The number of halogens is 3. The molecule has 0 bridgehead atoms. The van der Waals surface area contributed by atoms with Crippen LogP contribution in [0.5, 0.6) is 11.5 Å². The van der Waals surface area contributed by atoms with Gasteiger partial charge in [0.2, 0.25) is 11.8 Å². The van der Waals surface area contributed by atoms with Crippen LogP contribution in [0.2, 0.25) is 10.0 Å². The van der Waals surface area contributed by atoms with Gasteiger partial charge in [-0.15, -0.1) is 0 Å². The Morgan fingerprint density at radius 1 is 1.02 bits per heavy atom. The molecule has 0 radical (unpaired) electrons. The number of amides is 6. The number of nitrogens with two attached hydrogens (primary N) is 1. The maximum Gasteiger partial charge on any atom is 0.328 e. The van der Waals surface area contributed by atoms with Gasteiger partial charge < -0.3 is 15.6 Å². The number of imide groups is 4. The van der Waals surface area contributed by atoms with Gasteiger partial charge in [-0.1, -0.05) is 59.1 Å². The maximum atomic E-state index is 15.2. The lowest BCUT2D eigenvalue weighted by Crippen LogP contribution is -2.53. The van der Waals surface area contributed by atoms with E-state index in [1.54, 1.807) is 30.3 Å². The number of hydrogen-bond donors (Lipinski definition) is 3. The quantitative estimate of drug-likeness (QED) is 0.251. The monoisotopic (exact) mass is 692 g/mol. The molecule has 246 valence electrons. The van der Waals surface area contributed by atoms with E-state index in [-0.39, 0.29) is 29.1 Å². The van der Waals surface area contributed by atoms with Crippen molar-refractivity contribution in [1.29, 1.82) is 0 Å². The van der Waals surface area contributed by atoms with Crippen molar-refractivity contribution in [2.75, 3.05) is 12.5 Å². The Morgan fingerprint density at radius 2 is 1.75 bits per heavy atom. The topological polar surface area (TPSA) is 159 Å². The van der Waals surface area contributed by atoms with Crippen molar-refractivity contribution < 1.29 is 38.2 Å². The first kappa shape index (κ1) is 31.6. The Balaban J connectivity index is 1.48. The lowest BCUT2D eigenvalue weighted by atomic mass is 9.49. The second-order valence-electron chi connectivity index (χ2n) is 12.2. The number of hydrazine groups is 1. The fourth-order valence-electron chi connectivity index (χ4n) is 8.17. The molecule has 3 aromatic rings. The summed E-state index contributed by atoms with van der Waals surface area (Å²) in [4.78, 5) is 69.2. The zero-order valence-corrected chi connectivity index (χ0v) is 26.7. The van der Waals surface area contributed by atoms with E-state index in [1.807, 2.05) is 0 Å². The van der Waals surface area contributed by atoms with Gasteiger partial charge in [0.15, 0.2) is 11.6 Å². The SMILES string of the molecule is COc1ccc([C@@]23C(=O)N(Nc4ccc(Cl)cc4Cl)C(=O)[C@@H]2C[C@@H]2C(=CC[C@@H]4C(=O)N(C(N)=O)C(=O)[C@@H]42)[C@@H]3c2cccc(F)c2O)cc1. The summed E-state index contributed by atoms with van der Waals surface area (Å²) in [6.45, 7) is 0. The second kappa shape index (κ2) is 11.3. The minimum absolute atomic E-state index is 0.00118. The number of benzene rings is 3. The van der Waals surface area contributed by atoms with Gasteiger partial charge in [0.05, 0.1) is 41.0 Å². The van der Waals surface area contributed by atoms with Crippen LogP contribution in [0, 0.1) is 29.5 Å². The lowest BCUT2D eigenvalue weighted by molar-refractivity contribution is -0.139. The highest BCUT2D eigenvalue weighted by molar-refractivity contribution is 6.36. The first-order chi connectivity index (χ1) is 22.9. The number of phenols is 1. The van der Waals surface area contributed by atoms with E-state index in [2.05, 4.69) is 5.43 Å². The first-order valence-corrected chi connectivity index (χ1v) is 15.8. The minimum Gasteiger partial charge on any atom is -0.505 e. The van der Waals surface area contributed by atoms with Crippen molar-refractivity contribution in [3.05, 3.63) is 99.3 Å². The summed E-state index contributed by atoms with van der Waals surface area (Å²) in [5.74, 6) is -9.52. The summed E-state index contributed by atoms with van der Waals surface area (Å²) < 4.78 is 20.5. The van der Waals surface area contributed by atoms with Gasteiger partial charge in [-0.3, -0.25) is 24.6 Å². The largest absolute Gasteiger partial charge is 0.505 e. The Hall–Kier alpha value is -4.94. The summed E-state index contributed by atoms with van der Waals surface area (Å²) in [6, 6.07) is 13.6. The zero-order chi connectivity index (χ0) is 34.2.